The van der Waals surface area contributed by atoms with Crippen molar-refractivity contribution in [1.29, 1.82) is 0 Å². The number of hydrogen-bond acceptors (Lipinski definition) is 4. The summed E-state index contributed by atoms with van der Waals surface area (Å²) in [5.74, 6) is 1.01. The van der Waals surface area contributed by atoms with Gasteiger partial charge < -0.3 is 19.6 Å². The van der Waals surface area contributed by atoms with Crippen LogP contribution in [0.4, 0.5) is 0 Å². The zero-order valence-electron chi connectivity index (χ0n) is 14.2. The molecule has 2 atom stereocenters. The first-order chi connectivity index (χ1) is 12.1. The van der Waals surface area contributed by atoms with E-state index >= 15 is 0 Å². The molecule has 5 heteroatoms. The van der Waals surface area contributed by atoms with Crippen LogP contribution in [-0.4, -0.2) is 17.1 Å². The summed E-state index contributed by atoms with van der Waals surface area (Å²) in [6.45, 7) is 3.49. The van der Waals surface area contributed by atoms with E-state index in [9.17, 15) is 4.79 Å². The highest BCUT2D eigenvalue weighted by Gasteiger charge is 2.20. The Bertz CT molecular complexity index is 838. The summed E-state index contributed by atoms with van der Waals surface area (Å²) in [5.41, 5.74) is 1.53. The molecule has 2 N–H and O–H groups in total. The van der Waals surface area contributed by atoms with E-state index in [0.29, 0.717) is 11.5 Å². The van der Waals surface area contributed by atoms with E-state index in [1.54, 1.807) is 31.2 Å². The number of fused-ring (bicyclic) bond motifs is 1. The van der Waals surface area contributed by atoms with Gasteiger partial charge in [0, 0.05) is 5.39 Å². The number of para-hydroxylation sites is 1. The van der Waals surface area contributed by atoms with Gasteiger partial charge in [0.05, 0.1) is 12.6 Å². The largest absolute Gasteiger partial charge is 0.481 e. The molecule has 0 aliphatic carbocycles. The van der Waals surface area contributed by atoms with Gasteiger partial charge in [-0.3, -0.25) is 4.79 Å². The van der Waals surface area contributed by atoms with Gasteiger partial charge in [-0.25, -0.2) is 0 Å². The van der Waals surface area contributed by atoms with Gasteiger partial charge in [-0.15, -0.1) is 0 Å². The molecule has 0 spiro atoms. The van der Waals surface area contributed by atoms with E-state index in [1.165, 1.54) is 0 Å². The normalized spacial score (nSPS) is 13.4. The summed E-state index contributed by atoms with van der Waals surface area (Å²) in [6, 6.07) is 16.4. The van der Waals surface area contributed by atoms with E-state index in [2.05, 4.69) is 5.32 Å². The minimum atomic E-state index is -0.666. The van der Waals surface area contributed by atoms with E-state index < -0.39 is 6.10 Å². The lowest BCUT2D eigenvalue weighted by molar-refractivity contribution is -0.128. The summed E-state index contributed by atoms with van der Waals surface area (Å²) >= 11 is 0. The number of benzene rings is 2. The topological polar surface area (TPSA) is 71.7 Å². The fraction of sp³-hybridized carbons (Fsp3) is 0.250. The molecule has 0 aliphatic rings. The molecular weight excluding hydrogens is 318 g/mol. The van der Waals surface area contributed by atoms with E-state index in [-0.39, 0.29) is 18.6 Å². The molecule has 1 heterocycles. The number of nitrogens with one attached hydrogen (secondary N) is 1. The highest BCUT2D eigenvalue weighted by molar-refractivity contribution is 5.82. The van der Waals surface area contributed by atoms with Crippen molar-refractivity contribution in [2.24, 2.45) is 0 Å². The van der Waals surface area contributed by atoms with Crippen molar-refractivity contribution in [2.75, 3.05) is 0 Å². The van der Waals surface area contributed by atoms with Crippen molar-refractivity contribution in [2.45, 2.75) is 32.6 Å². The maximum atomic E-state index is 12.4. The molecule has 25 heavy (non-hydrogen) atoms. The summed E-state index contributed by atoms with van der Waals surface area (Å²) in [4.78, 5) is 12.4. The van der Waals surface area contributed by atoms with Gasteiger partial charge >= 0.3 is 0 Å². The number of amides is 1. The number of aliphatic hydroxyl groups is 1. The summed E-state index contributed by atoms with van der Waals surface area (Å²) < 4.78 is 11.4. The van der Waals surface area contributed by atoms with Crippen LogP contribution < -0.4 is 10.1 Å². The molecule has 3 aromatic rings. The van der Waals surface area contributed by atoms with E-state index in [4.69, 9.17) is 14.3 Å². The molecule has 0 saturated heterocycles. The maximum Gasteiger partial charge on any atom is 0.261 e. The van der Waals surface area contributed by atoms with Gasteiger partial charge in [-0.1, -0.05) is 30.3 Å². The summed E-state index contributed by atoms with van der Waals surface area (Å²) in [7, 11) is 0. The predicted molar refractivity (Wildman–Crippen MR) is 95.2 cm³/mol. The van der Waals surface area contributed by atoms with Crippen molar-refractivity contribution < 1.29 is 19.1 Å². The molecule has 1 amide bonds. The third-order valence-electron chi connectivity index (χ3n) is 3.99. The molecule has 0 fully saturated rings. The Morgan fingerprint density at radius 1 is 1.16 bits per heavy atom. The van der Waals surface area contributed by atoms with Crippen LogP contribution in [0.15, 0.2) is 59.0 Å². The molecule has 0 bridgehead atoms. The first-order valence-electron chi connectivity index (χ1n) is 8.22. The summed E-state index contributed by atoms with van der Waals surface area (Å²) in [6.07, 6.45) is -0.666. The molecule has 5 nitrogen and oxygen atoms in total. The molecule has 0 aliphatic heterocycles. The third kappa shape index (κ3) is 4.00. The molecule has 130 valence electrons. The first-order valence-corrected chi connectivity index (χ1v) is 8.22. The molecule has 1 aromatic heterocycles. The standard InChI is InChI=1S/C20H21NO4/c1-13(19-11-16-7-3-4-9-18(16)25-19)21-20(23)14(2)24-17-8-5-6-15(10-17)12-22/h3-11,13-14,22H,12H2,1-2H3,(H,21,23). The monoisotopic (exact) mass is 339 g/mol. The van der Waals surface area contributed by atoms with Gasteiger partial charge in [-0.2, -0.15) is 0 Å². The lowest BCUT2D eigenvalue weighted by Gasteiger charge is -2.18. The zero-order chi connectivity index (χ0) is 17.8. The van der Waals surface area contributed by atoms with Gasteiger partial charge in [0.2, 0.25) is 0 Å². The molecule has 0 radical (unpaired) electrons. The predicted octanol–water partition coefficient (Wildman–Crippen LogP) is 3.57. The average molecular weight is 339 g/mol. The van der Waals surface area contributed by atoms with Gasteiger partial charge in [0.25, 0.3) is 5.91 Å². The van der Waals surface area contributed by atoms with Gasteiger partial charge in [0.15, 0.2) is 6.10 Å². The van der Waals surface area contributed by atoms with Crippen molar-refractivity contribution in [3.8, 4) is 5.75 Å². The van der Waals surface area contributed by atoms with Crippen LogP contribution in [-0.2, 0) is 11.4 Å². The van der Waals surface area contributed by atoms with Crippen LogP contribution >= 0.6 is 0 Å². The van der Waals surface area contributed by atoms with Crippen molar-refractivity contribution in [3.63, 3.8) is 0 Å². The second kappa shape index (κ2) is 7.40. The fourth-order valence-electron chi connectivity index (χ4n) is 2.59. The fourth-order valence-corrected chi connectivity index (χ4v) is 2.59. The molecule has 2 aromatic carbocycles. The third-order valence-corrected chi connectivity index (χ3v) is 3.99. The van der Waals surface area contributed by atoms with E-state index in [1.807, 2.05) is 37.3 Å². The molecule has 2 unspecified atom stereocenters. The van der Waals surface area contributed by atoms with Crippen LogP contribution in [0.5, 0.6) is 5.75 Å². The minimum Gasteiger partial charge on any atom is -0.481 e. The molecule has 0 saturated carbocycles. The zero-order valence-corrected chi connectivity index (χ0v) is 14.2. The highest BCUT2D eigenvalue weighted by atomic mass is 16.5. The number of aliphatic hydroxyl groups excluding tert-OH is 1. The Morgan fingerprint density at radius 3 is 2.72 bits per heavy atom. The quantitative estimate of drug-likeness (QED) is 0.720. The lowest BCUT2D eigenvalue weighted by Crippen LogP contribution is -2.37. The van der Waals surface area contributed by atoms with Crippen LogP contribution in [0.3, 0.4) is 0 Å². The second-order valence-corrected chi connectivity index (χ2v) is 5.98. The van der Waals surface area contributed by atoms with Crippen LogP contribution in [0.2, 0.25) is 0 Å². The Balaban J connectivity index is 1.63. The van der Waals surface area contributed by atoms with Crippen LogP contribution in [0.1, 0.15) is 31.2 Å². The number of carbonyl (C=O) groups is 1. The minimum absolute atomic E-state index is 0.0686. The van der Waals surface area contributed by atoms with Gasteiger partial charge in [-0.05, 0) is 43.7 Å². The Morgan fingerprint density at radius 2 is 1.96 bits per heavy atom. The molecular formula is C20H21NO4. The number of furan rings is 1. The lowest BCUT2D eigenvalue weighted by atomic mass is 10.2. The SMILES string of the molecule is CC(Oc1cccc(CO)c1)C(=O)NC(C)c1cc2ccccc2o1. The van der Waals surface area contributed by atoms with Crippen molar-refractivity contribution in [1.82, 2.24) is 5.32 Å². The van der Waals surface area contributed by atoms with Crippen LogP contribution in [0.25, 0.3) is 11.0 Å². The number of hydrogen-bond donors (Lipinski definition) is 2. The Hall–Kier alpha value is -2.79. The summed E-state index contributed by atoms with van der Waals surface area (Å²) in [5, 5.41) is 13.1. The Kier molecular flexibility index (Phi) is 5.05. The van der Waals surface area contributed by atoms with Crippen molar-refractivity contribution >= 4 is 16.9 Å². The van der Waals surface area contributed by atoms with E-state index in [0.717, 1.165) is 16.5 Å². The average Bonchev–Trinajstić information content (AvgIpc) is 3.06. The number of rotatable bonds is 6. The molecule has 3 rings (SSSR count). The first kappa shape index (κ1) is 17.0. The van der Waals surface area contributed by atoms with Crippen molar-refractivity contribution in [3.05, 3.63) is 65.9 Å². The number of ether oxygens (including phenoxy) is 1. The Labute approximate surface area is 146 Å². The second-order valence-electron chi connectivity index (χ2n) is 5.98. The van der Waals surface area contributed by atoms with Crippen LogP contribution in [0, 0.1) is 0 Å². The highest BCUT2D eigenvalue weighted by Crippen LogP contribution is 2.23. The smallest absolute Gasteiger partial charge is 0.261 e. The van der Waals surface area contributed by atoms with Gasteiger partial charge in [0.1, 0.15) is 17.1 Å². The number of carbonyl (C=O) groups excluding carboxylic acids is 1. The maximum absolute atomic E-state index is 12.4.